The highest BCUT2D eigenvalue weighted by Gasteiger charge is 2.26. The fourth-order valence-corrected chi connectivity index (χ4v) is 2.42. The van der Waals surface area contributed by atoms with Gasteiger partial charge in [0.25, 0.3) is 5.56 Å². The average Bonchev–Trinajstić information content (AvgIpc) is 3.30. The van der Waals surface area contributed by atoms with Crippen molar-refractivity contribution in [1.29, 1.82) is 0 Å². The monoisotopic (exact) mass is 283 g/mol. The summed E-state index contributed by atoms with van der Waals surface area (Å²) in [6.07, 6.45) is 2.46. The number of hydrogen-bond donors (Lipinski definition) is 2. The molecule has 1 aliphatic rings. The Kier molecular flexibility index (Phi) is 3.64. The minimum atomic E-state index is -0.323. The van der Waals surface area contributed by atoms with Gasteiger partial charge >= 0.3 is 0 Å². The fourth-order valence-electron chi connectivity index (χ4n) is 2.42. The fraction of sp³-hybridized carbons (Fsp3) is 0.412. The lowest BCUT2D eigenvalue weighted by atomic mass is 9.84. The number of aromatic nitrogens is 2. The molecule has 0 unspecified atom stereocenters. The minimum absolute atomic E-state index is 0.0865. The van der Waals surface area contributed by atoms with Crippen LogP contribution >= 0.6 is 0 Å². The quantitative estimate of drug-likeness (QED) is 0.885. The van der Waals surface area contributed by atoms with Crippen molar-refractivity contribution in [2.45, 2.75) is 44.7 Å². The lowest BCUT2D eigenvalue weighted by Crippen LogP contribution is -2.28. The third-order valence-corrected chi connectivity index (χ3v) is 4.03. The maximum absolute atomic E-state index is 11.9. The summed E-state index contributed by atoms with van der Waals surface area (Å²) in [5, 5.41) is 3.40. The summed E-state index contributed by atoms with van der Waals surface area (Å²) >= 11 is 0. The highest BCUT2D eigenvalue weighted by Crippen LogP contribution is 2.28. The Hall–Kier alpha value is -1.94. The molecule has 1 aliphatic carbocycles. The second-order valence-electron chi connectivity index (χ2n) is 6.23. The average molecular weight is 283 g/mol. The van der Waals surface area contributed by atoms with Crippen LogP contribution in [0.15, 0.2) is 41.2 Å². The predicted molar refractivity (Wildman–Crippen MR) is 83.3 cm³/mol. The zero-order valence-electron chi connectivity index (χ0n) is 12.5. The summed E-state index contributed by atoms with van der Waals surface area (Å²) in [6.45, 7) is 4.82. The molecule has 1 saturated carbocycles. The van der Waals surface area contributed by atoms with Gasteiger partial charge in [0.1, 0.15) is 5.82 Å². The molecule has 4 nitrogen and oxygen atoms in total. The molecule has 1 aromatic carbocycles. The Balaban J connectivity index is 1.91. The van der Waals surface area contributed by atoms with Crippen LogP contribution in [-0.4, -0.2) is 16.0 Å². The summed E-state index contributed by atoms with van der Waals surface area (Å²) in [5.41, 5.74) is 1.54. The van der Waals surface area contributed by atoms with Crippen molar-refractivity contribution in [2.75, 3.05) is 0 Å². The lowest BCUT2D eigenvalue weighted by molar-refractivity contribution is 0.574. The summed E-state index contributed by atoms with van der Waals surface area (Å²) in [7, 11) is 0. The van der Waals surface area contributed by atoms with E-state index in [1.807, 2.05) is 18.2 Å². The standard InChI is InChI=1S/C17H21N3O/c1-17(2,12-6-4-3-5-7-12)16-19-14(10-15(21)20-16)11-18-13-8-9-13/h3-7,10,13,18H,8-9,11H2,1-2H3,(H,19,20,21). The van der Waals surface area contributed by atoms with E-state index < -0.39 is 0 Å². The first-order valence-corrected chi connectivity index (χ1v) is 7.45. The molecule has 21 heavy (non-hydrogen) atoms. The van der Waals surface area contributed by atoms with Gasteiger partial charge in [0.15, 0.2) is 0 Å². The molecule has 0 radical (unpaired) electrons. The van der Waals surface area contributed by atoms with Gasteiger partial charge in [-0.05, 0) is 32.3 Å². The summed E-state index contributed by atoms with van der Waals surface area (Å²) in [6, 6.07) is 12.3. The summed E-state index contributed by atoms with van der Waals surface area (Å²) in [5.74, 6) is 0.716. The lowest BCUT2D eigenvalue weighted by Gasteiger charge is -2.24. The van der Waals surface area contributed by atoms with Crippen LogP contribution < -0.4 is 10.9 Å². The van der Waals surface area contributed by atoms with E-state index >= 15 is 0 Å². The van der Waals surface area contributed by atoms with Gasteiger partial charge in [-0.25, -0.2) is 4.98 Å². The number of aromatic amines is 1. The van der Waals surface area contributed by atoms with Gasteiger partial charge in [0.2, 0.25) is 0 Å². The molecule has 0 amide bonds. The van der Waals surface area contributed by atoms with Gasteiger partial charge in [-0.15, -0.1) is 0 Å². The Labute approximate surface area is 124 Å². The third kappa shape index (κ3) is 3.22. The number of H-pyrrole nitrogens is 1. The van der Waals surface area contributed by atoms with Crippen molar-refractivity contribution in [1.82, 2.24) is 15.3 Å². The topological polar surface area (TPSA) is 57.8 Å². The van der Waals surface area contributed by atoms with E-state index in [0.29, 0.717) is 18.4 Å². The van der Waals surface area contributed by atoms with Crippen LogP contribution in [-0.2, 0) is 12.0 Å². The van der Waals surface area contributed by atoms with Crippen molar-refractivity contribution in [3.8, 4) is 0 Å². The van der Waals surface area contributed by atoms with Gasteiger partial charge in [0, 0.05) is 24.1 Å². The van der Waals surface area contributed by atoms with E-state index in [9.17, 15) is 4.79 Å². The van der Waals surface area contributed by atoms with Crippen LogP contribution in [0.1, 0.15) is 43.8 Å². The zero-order chi connectivity index (χ0) is 14.9. The van der Waals surface area contributed by atoms with E-state index in [1.54, 1.807) is 6.07 Å². The van der Waals surface area contributed by atoms with Gasteiger partial charge in [0.05, 0.1) is 5.69 Å². The van der Waals surface area contributed by atoms with E-state index in [1.165, 1.54) is 12.8 Å². The molecule has 1 fully saturated rings. The second kappa shape index (κ2) is 5.45. The van der Waals surface area contributed by atoms with Gasteiger partial charge in [-0.2, -0.15) is 0 Å². The molecule has 1 aromatic heterocycles. The Morgan fingerprint density at radius 2 is 2.00 bits per heavy atom. The highest BCUT2D eigenvalue weighted by atomic mass is 16.1. The number of hydrogen-bond acceptors (Lipinski definition) is 3. The van der Waals surface area contributed by atoms with Crippen molar-refractivity contribution in [2.24, 2.45) is 0 Å². The smallest absolute Gasteiger partial charge is 0.251 e. The number of nitrogens with one attached hydrogen (secondary N) is 2. The maximum Gasteiger partial charge on any atom is 0.251 e. The van der Waals surface area contributed by atoms with Gasteiger partial charge in [-0.1, -0.05) is 30.3 Å². The zero-order valence-corrected chi connectivity index (χ0v) is 12.5. The number of rotatable bonds is 5. The van der Waals surface area contributed by atoms with Gasteiger partial charge < -0.3 is 10.3 Å². The summed E-state index contributed by atoms with van der Waals surface area (Å²) < 4.78 is 0. The molecule has 110 valence electrons. The van der Waals surface area contributed by atoms with Gasteiger partial charge in [-0.3, -0.25) is 4.79 Å². The molecular weight excluding hydrogens is 262 g/mol. The molecule has 0 saturated heterocycles. The van der Waals surface area contributed by atoms with Crippen molar-refractivity contribution in [3.05, 3.63) is 63.8 Å². The van der Waals surface area contributed by atoms with Crippen molar-refractivity contribution in [3.63, 3.8) is 0 Å². The first kappa shape index (κ1) is 14.0. The van der Waals surface area contributed by atoms with E-state index in [-0.39, 0.29) is 11.0 Å². The molecule has 1 heterocycles. The molecule has 0 spiro atoms. The highest BCUT2D eigenvalue weighted by molar-refractivity contribution is 5.30. The largest absolute Gasteiger partial charge is 0.310 e. The van der Waals surface area contributed by atoms with Crippen LogP contribution in [0.4, 0.5) is 0 Å². The minimum Gasteiger partial charge on any atom is -0.310 e. The Bertz CT molecular complexity index is 672. The van der Waals surface area contributed by atoms with Crippen molar-refractivity contribution < 1.29 is 0 Å². The molecule has 2 N–H and O–H groups in total. The van der Waals surface area contributed by atoms with Crippen molar-refractivity contribution >= 4 is 0 Å². The molecule has 4 heteroatoms. The molecule has 2 aromatic rings. The number of benzene rings is 1. The molecule has 0 atom stereocenters. The van der Waals surface area contributed by atoms with Crippen LogP contribution in [0.2, 0.25) is 0 Å². The first-order chi connectivity index (χ1) is 10.1. The van der Waals surface area contributed by atoms with E-state index in [4.69, 9.17) is 0 Å². The second-order valence-corrected chi connectivity index (χ2v) is 6.23. The molecule has 3 rings (SSSR count). The predicted octanol–water partition coefficient (Wildman–Crippen LogP) is 2.35. The van der Waals surface area contributed by atoms with Crippen LogP contribution in [0.5, 0.6) is 0 Å². The first-order valence-electron chi connectivity index (χ1n) is 7.45. The SMILES string of the molecule is CC(C)(c1ccccc1)c1nc(CNC2CC2)cc(=O)[nH]1. The third-order valence-electron chi connectivity index (χ3n) is 4.03. The summed E-state index contributed by atoms with van der Waals surface area (Å²) in [4.78, 5) is 19.5. The van der Waals surface area contributed by atoms with E-state index in [2.05, 4.69) is 41.3 Å². The molecule has 0 aliphatic heterocycles. The Morgan fingerprint density at radius 1 is 1.29 bits per heavy atom. The Morgan fingerprint density at radius 3 is 2.67 bits per heavy atom. The van der Waals surface area contributed by atoms with E-state index in [0.717, 1.165) is 11.3 Å². The van der Waals surface area contributed by atoms with Crippen LogP contribution in [0.3, 0.4) is 0 Å². The van der Waals surface area contributed by atoms with Crippen LogP contribution in [0.25, 0.3) is 0 Å². The molecular formula is C17H21N3O. The number of nitrogens with zero attached hydrogens (tertiary/aromatic N) is 1. The normalized spacial score (nSPS) is 15.1. The van der Waals surface area contributed by atoms with Crippen LogP contribution in [0, 0.1) is 0 Å². The molecule has 0 bridgehead atoms. The maximum atomic E-state index is 11.9.